The number of rotatable bonds is 4. The van der Waals surface area contributed by atoms with Crippen LogP contribution in [0.15, 0.2) is 24.5 Å². The maximum Gasteiger partial charge on any atom is 0.108 e. The van der Waals surface area contributed by atoms with Crippen LogP contribution in [0.3, 0.4) is 0 Å². The summed E-state index contributed by atoms with van der Waals surface area (Å²) in [7, 11) is 2.01. The molecular formula is C14H20N4. The van der Waals surface area contributed by atoms with Crippen LogP contribution in [0.1, 0.15) is 35.2 Å². The van der Waals surface area contributed by atoms with Crippen molar-refractivity contribution in [2.45, 2.75) is 32.7 Å². The maximum atomic E-state index is 6.24. The lowest BCUT2D eigenvalue weighted by Gasteiger charge is -2.14. The summed E-state index contributed by atoms with van der Waals surface area (Å²) >= 11 is 0. The van der Waals surface area contributed by atoms with Gasteiger partial charge in [0.15, 0.2) is 0 Å². The third kappa shape index (κ3) is 2.76. The third-order valence-corrected chi connectivity index (χ3v) is 3.27. The molecular weight excluding hydrogens is 224 g/mol. The first-order valence-electron chi connectivity index (χ1n) is 6.24. The molecule has 0 aromatic carbocycles. The molecule has 2 rings (SSSR count). The van der Waals surface area contributed by atoms with Gasteiger partial charge in [0, 0.05) is 43.3 Å². The molecule has 1 unspecified atom stereocenters. The lowest BCUT2D eigenvalue weighted by atomic mass is 10.0. The van der Waals surface area contributed by atoms with Gasteiger partial charge in [0.25, 0.3) is 0 Å². The Balaban J connectivity index is 2.03. The van der Waals surface area contributed by atoms with E-state index in [-0.39, 0.29) is 6.04 Å². The Morgan fingerprint density at radius 3 is 2.72 bits per heavy atom. The Bertz CT molecular complexity index is 530. The normalized spacial score (nSPS) is 12.7. The first kappa shape index (κ1) is 12.8. The van der Waals surface area contributed by atoms with E-state index in [1.807, 2.05) is 43.9 Å². The highest BCUT2D eigenvalue weighted by molar-refractivity contribution is 5.24. The number of pyridine rings is 1. The molecule has 0 saturated heterocycles. The standard InChI is InChI=1S/C14H20N4/c1-10-4-5-12(11(2)17-10)13(15)6-7-14-16-8-9-18(14)3/h4-5,8-9,13H,6-7,15H2,1-3H3. The second-order valence-electron chi connectivity index (χ2n) is 4.73. The summed E-state index contributed by atoms with van der Waals surface area (Å²) in [6.07, 6.45) is 5.55. The summed E-state index contributed by atoms with van der Waals surface area (Å²) in [5, 5.41) is 0. The molecule has 2 N–H and O–H groups in total. The summed E-state index contributed by atoms with van der Waals surface area (Å²) in [6, 6.07) is 4.12. The predicted molar refractivity (Wildman–Crippen MR) is 72.2 cm³/mol. The van der Waals surface area contributed by atoms with Crippen molar-refractivity contribution >= 4 is 0 Å². The molecule has 4 nitrogen and oxygen atoms in total. The first-order valence-corrected chi connectivity index (χ1v) is 6.24. The van der Waals surface area contributed by atoms with Crippen molar-refractivity contribution in [2.75, 3.05) is 0 Å². The Kier molecular flexibility index (Phi) is 3.77. The van der Waals surface area contributed by atoms with Crippen LogP contribution in [0.4, 0.5) is 0 Å². The van der Waals surface area contributed by atoms with Crippen LogP contribution in [0.5, 0.6) is 0 Å². The Morgan fingerprint density at radius 1 is 1.33 bits per heavy atom. The monoisotopic (exact) mass is 244 g/mol. The highest BCUT2D eigenvalue weighted by Crippen LogP contribution is 2.19. The summed E-state index contributed by atoms with van der Waals surface area (Å²) in [4.78, 5) is 8.77. The van der Waals surface area contributed by atoms with Crippen molar-refractivity contribution in [2.24, 2.45) is 12.8 Å². The first-order chi connectivity index (χ1) is 8.58. The van der Waals surface area contributed by atoms with Gasteiger partial charge in [-0.05, 0) is 31.9 Å². The molecule has 1 atom stereocenters. The van der Waals surface area contributed by atoms with Crippen molar-refractivity contribution in [3.05, 3.63) is 47.3 Å². The van der Waals surface area contributed by atoms with Gasteiger partial charge in [-0.2, -0.15) is 0 Å². The Morgan fingerprint density at radius 2 is 2.11 bits per heavy atom. The molecule has 4 heteroatoms. The van der Waals surface area contributed by atoms with Crippen molar-refractivity contribution in [1.29, 1.82) is 0 Å². The Labute approximate surface area is 108 Å². The molecule has 96 valence electrons. The molecule has 2 aromatic rings. The second-order valence-corrected chi connectivity index (χ2v) is 4.73. The molecule has 0 radical (unpaired) electrons. The molecule has 0 aliphatic heterocycles. The summed E-state index contributed by atoms with van der Waals surface area (Å²) < 4.78 is 2.03. The zero-order valence-corrected chi connectivity index (χ0v) is 11.2. The molecule has 0 saturated carbocycles. The maximum absolute atomic E-state index is 6.24. The van der Waals surface area contributed by atoms with Crippen LogP contribution in [0.2, 0.25) is 0 Å². The minimum atomic E-state index is 0.0230. The van der Waals surface area contributed by atoms with Crippen molar-refractivity contribution in [3.8, 4) is 0 Å². The van der Waals surface area contributed by atoms with Crippen molar-refractivity contribution in [1.82, 2.24) is 14.5 Å². The van der Waals surface area contributed by atoms with Gasteiger partial charge in [-0.3, -0.25) is 4.98 Å². The lowest BCUT2D eigenvalue weighted by molar-refractivity contribution is 0.615. The zero-order valence-electron chi connectivity index (χ0n) is 11.2. The predicted octanol–water partition coefficient (Wildman–Crippen LogP) is 2.06. The fourth-order valence-electron chi connectivity index (χ4n) is 2.17. The fourth-order valence-corrected chi connectivity index (χ4v) is 2.17. The average Bonchev–Trinajstić information content (AvgIpc) is 2.72. The van der Waals surface area contributed by atoms with E-state index in [2.05, 4.69) is 16.0 Å². The highest BCUT2D eigenvalue weighted by atomic mass is 15.0. The van der Waals surface area contributed by atoms with Crippen LogP contribution in [-0.4, -0.2) is 14.5 Å². The van der Waals surface area contributed by atoms with Crippen molar-refractivity contribution < 1.29 is 0 Å². The third-order valence-electron chi connectivity index (χ3n) is 3.27. The summed E-state index contributed by atoms with van der Waals surface area (Å²) in [5.41, 5.74) is 9.43. The molecule has 0 amide bonds. The zero-order chi connectivity index (χ0) is 13.1. The van der Waals surface area contributed by atoms with Gasteiger partial charge in [0.05, 0.1) is 0 Å². The molecule has 2 aromatic heterocycles. The van der Waals surface area contributed by atoms with Crippen LogP contribution in [0.25, 0.3) is 0 Å². The van der Waals surface area contributed by atoms with Crippen LogP contribution in [0, 0.1) is 13.8 Å². The topological polar surface area (TPSA) is 56.7 Å². The fraction of sp³-hybridized carbons (Fsp3) is 0.429. The lowest BCUT2D eigenvalue weighted by Crippen LogP contribution is -2.14. The molecule has 2 heterocycles. The molecule has 0 fully saturated rings. The van der Waals surface area contributed by atoms with Gasteiger partial charge in [-0.25, -0.2) is 4.98 Å². The number of aryl methyl sites for hydroxylation is 4. The van der Waals surface area contributed by atoms with Gasteiger partial charge in [-0.15, -0.1) is 0 Å². The number of imidazole rings is 1. The largest absolute Gasteiger partial charge is 0.338 e. The van der Waals surface area contributed by atoms with E-state index >= 15 is 0 Å². The molecule has 0 spiro atoms. The van der Waals surface area contributed by atoms with E-state index < -0.39 is 0 Å². The minimum Gasteiger partial charge on any atom is -0.338 e. The molecule has 18 heavy (non-hydrogen) atoms. The average molecular weight is 244 g/mol. The Hall–Kier alpha value is -1.68. The number of hydrogen-bond acceptors (Lipinski definition) is 3. The van der Waals surface area contributed by atoms with Gasteiger partial charge in [0.1, 0.15) is 5.82 Å². The van der Waals surface area contributed by atoms with Gasteiger partial charge in [-0.1, -0.05) is 6.07 Å². The van der Waals surface area contributed by atoms with Crippen LogP contribution in [-0.2, 0) is 13.5 Å². The quantitative estimate of drug-likeness (QED) is 0.895. The van der Waals surface area contributed by atoms with E-state index in [0.29, 0.717) is 0 Å². The smallest absolute Gasteiger partial charge is 0.108 e. The number of hydrogen-bond donors (Lipinski definition) is 1. The summed E-state index contributed by atoms with van der Waals surface area (Å²) in [6.45, 7) is 4.01. The van der Waals surface area contributed by atoms with Crippen LogP contribution >= 0.6 is 0 Å². The van der Waals surface area contributed by atoms with E-state index in [9.17, 15) is 0 Å². The van der Waals surface area contributed by atoms with E-state index in [4.69, 9.17) is 5.73 Å². The van der Waals surface area contributed by atoms with Gasteiger partial charge in [0.2, 0.25) is 0 Å². The number of nitrogens with zero attached hydrogens (tertiary/aromatic N) is 3. The van der Waals surface area contributed by atoms with E-state index in [1.54, 1.807) is 0 Å². The van der Waals surface area contributed by atoms with Crippen LogP contribution < -0.4 is 5.73 Å². The van der Waals surface area contributed by atoms with Crippen molar-refractivity contribution in [3.63, 3.8) is 0 Å². The number of aromatic nitrogens is 3. The van der Waals surface area contributed by atoms with E-state index in [1.165, 1.54) is 0 Å². The molecule has 0 aliphatic carbocycles. The number of nitrogens with two attached hydrogens (primary N) is 1. The summed E-state index contributed by atoms with van der Waals surface area (Å²) in [5.74, 6) is 1.07. The SMILES string of the molecule is Cc1ccc(C(N)CCc2nccn2C)c(C)n1. The minimum absolute atomic E-state index is 0.0230. The highest BCUT2D eigenvalue weighted by Gasteiger charge is 2.11. The van der Waals surface area contributed by atoms with Gasteiger partial charge >= 0.3 is 0 Å². The second kappa shape index (κ2) is 5.31. The molecule has 0 aliphatic rings. The van der Waals surface area contributed by atoms with Gasteiger partial charge < -0.3 is 10.3 Å². The molecule has 0 bridgehead atoms. The van der Waals surface area contributed by atoms with E-state index in [0.717, 1.165) is 35.6 Å².